The predicted octanol–water partition coefficient (Wildman–Crippen LogP) is 1.91. The molecule has 3 N–H and O–H groups in total. The van der Waals surface area contributed by atoms with Crippen molar-refractivity contribution in [2.45, 2.75) is 6.43 Å². The van der Waals surface area contributed by atoms with Crippen LogP contribution >= 0.6 is 22.6 Å². The number of alkyl halides is 2. The summed E-state index contributed by atoms with van der Waals surface area (Å²) in [6, 6.07) is 0. The topological polar surface area (TPSA) is 59.1 Å². The maximum Gasteiger partial charge on any atom is 0.266 e. The van der Waals surface area contributed by atoms with Crippen LogP contribution in [0.3, 0.4) is 0 Å². The number of anilines is 1. The molecule has 3 nitrogen and oxygen atoms in total. The Bertz CT molecular complexity index is 306. The zero-order valence-corrected chi connectivity index (χ0v) is 7.92. The number of aromatic hydroxyl groups is 1. The summed E-state index contributed by atoms with van der Waals surface area (Å²) in [6.45, 7) is 0. The van der Waals surface area contributed by atoms with Crippen molar-refractivity contribution < 1.29 is 13.9 Å². The molecule has 0 amide bonds. The smallest absolute Gasteiger partial charge is 0.266 e. The van der Waals surface area contributed by atoms with Crippen LogP contribution in [0, 0.1) is 3.57 Å². The van der Waals surface area contributed by atoms with Crippen LogP contribution in [0.2, 0.25) is 0 Å². The van der Waals surface area contributed by atoms with Gasteiger partial charge in [-0.3, -0.25) is 0 Å². The highest BCUT2D eigenvalue weighted by Crippen LogP contribution is 2.32. The number of nitrogen functional groups attached to an aromatic ring is 1. The Kier molecular flexibility index (Phi) is 2.65. The van der Waals surface area contributed by atoms with Gasteiger partial charge in [-0.2, -0.15) is 0 Å². The SMILES string of the molecule is Nc1ncc(C(F)F)c(I)c1O. The first-order valence-corrected chi connectivity index (χ1v) is 4.03. The minimum atomic E-state index is -2.64. The molecule has 0 aliphatic rings. The van der Waals surface area contributed by atoms with Crippen molar-refractivity contribution in [3.05, 3.63) is 15.3 Å². The van der Waals surface area contributed by atoms with Crippen molar-refractivity contribution in [2.24, 2.45) is 0 Å². The van der Waals surface area contributed by atoms with Crippen molar-refractivity contribution in [3.8, 4) is 5.75 Å². The molecule has 0 saturated carbocycles. The van der Waals surface area contributed by atoms with E-state index in [1.807, 2.05) is 0 Å². The first kappa shape index (κ1) is 9.43. The summed E-state index contributed by atoms with van der Waals surface area (Å²) in [7, 11) is 0. The number of hydrogen-bond donors (Lipinski definition) is 2. The van der Waals surface area contributed by atoms with E-state index in [0.717, 1.165) is 6.20 Å². The maximum absolute atomic E-state index is 12.1. The van der Waals surface area contributed by atoms with E-state index in [9.17, 15) is 8.78 Å². The lowest BCUT2D eigenvalue weighted by Crippen LogP contribution is -1.97. The predicted molar refractivity (Wildman–Crippen MR) is 48.0 cm³/mol. The second-order valence-corrected chi connectivity index (χ2v) is 3.14. The Morgan fingerprint density at radius 3 is 2.67 bits per heavy atom. The van der Waals surface area contributed by atoms with E-state index in [1.165, 1.54) is 0 Å². The van der Waals surface area contributed by atoms with Crippen molar-refractivity contribution in [2.75, 3.05) is 5.73 Å². The largest absolute Gasteiger partial charge is 0.504 e. The van der Waals surface area contributed by atoms with Gasteiger partial charge in [0.15, 0.2) is 11.6 Å². The molecule has 1 aromatic heterocycles. The van der Waals surface area contributed by atoms with Gasteiger partial charge < -0.3 is 10.8 Å². The number of aromatic nitrogens is 1. The lowest BCUT2D eigenvalue weighted by atomic mass is 10.3. The molecule has 0 spiro atoms. The van der Waals surface area contributed by atoms with Gasteiger partial charge in [-0.05, 0) is 22.6 Å². The Morgan fingerprint density at radius 1 is 1.58 bits per heavy atom. The standard InChI is InChI=1S/C6H5F2IN2O/c7-5(8)2-1-11-6(10)4(12)3(2)9/h1,5,12H,(H2,10,11). The fraction of sp³-hybridized carbons (Fsp3) is 0.167. The molecule has 0 radical (unpaired) electrons. The number of nitrogens with two attached hydrogens (primary N) is 1. The van der Waals surface area contributed by atoms with E-state index in [1.54, 1.807) is 22.6 Å². The molecular formula is C6H5F2IN2O. The number of halogens is 3. The molecule has 0 unspecified atom stereocenters. The zero-order chi connectivity index (χ0) is 9.30. The molecule has 0 aliphatic carbocycles. The van der Waals surface area contributed by atoms with E-state index in [2.05, 4.69) is 4.98 Å². The second-order valence-electron chi connectivity index (χ2n) is 2.06. The van der Waals surface area contributed by atoms with Crippen molar-refractivity contribution in [1.29, 1.82) is 0 Å². The van der Waals surface area contributed by atoms with Crippen molar-refractivity contribution >= 4 is 28.4 Å². The van der Waals surface area contributed by atoms with Gasteiger partial charge in [-0.15, -0.1) is 0 Å². The Hall–Kier alpha value is -0.660. The molecule has 0 aliphatic heterocycles. The maximum atomic E-state index is 12.1. The molecule has 1 rings (SSSR count). The first-order chi connectivity index (χ1) is 5.54. The van der Waals surface area contributed by atoms with Crippen LogP contribution in [0.1, 0.15) is 12.0 Å². The molecule has 12 heavy (non-hydrogen) atoms. The fourth-order valence-corrected chi connectivity index (χ4v) is 1.31. The van der Waals surface area contributed by atoms with Crippen LogP contribution in [0.4, 0.5) is 14.6 Å². The van der Waals surface area contributed by atoms with Crippen molar-refractivity contribution in [3.63, 3.8) is 0 Å². The van der Waals surface area contributed by atoms with Gasteiger partial charge in [-0.1, -0.05) is 0 Å². The van der Waals surface area contributed by atoms with Crippen LogP contribution in [0.5, 0.6) is 5.75 Å². The molecule has 6 heteroatoms. The highest BCUT2D eigenvalue weighted by molar-refractivity contribution is 14.1. The first-order valence-electron chi connectivity index (χ1n) is 2.95. The molecule has 1 heterocycles. The van der Waals surface area contributed by atoms with Gasteiger partial charge in [0.1, 0.15) is 0 Å². The molecule has 0 fully saturated rings. The minimum absolute atomic E-state index is 0.0510. The summed E-state index contributed by atoms with van der Waals surface area (Å²) in [5.74, 6) is -0.516. The van der Waals surface area contributed by atoms with E-state index in [4.69, 9.17) is 10.8 Å². The van der Waals surface area contributed by atoms with Gasteiger partial charge in [0.2, 0.25) is 0 Å². The third-order valence-corrected chi connectivity index (χ3v) is 2.42. The minimum Gasteiger partial charge on any atom is -0.504 e. The van der Waals surface area contributed by atoms with Crippen molar-refractivity contribution in [1.82, 2.24) is 4.98 Å². The third kappa shape index (κ3) is 1.57. The number of pyridine rings is 1. The summed E-state index contributed by atoms with van der Waals surface area (Å²) in [4.78, 5) is 3.40. The van der Waals surface area contributed by atoms with Crippen LogP contribution in [-0.4, -0.2) is 10.1 Å². The second kappa shape index (κ2) is 3.38. The van der Waals surface area contributed by atoms with E-state index in [-0.39, 0.29) is 20.7 Å². The lowest BCUT2D eigenvalue weighted by molar-refractivity contribution is 0.149. The monoisotopic (exact) mass is 286 g/mol. The summed E-state index contributed by atoms with van der Waals surface area (Å²) < 4.78 is 24.3. The van der Waals surface area contributed by atoms with E-state index in [0.29, 0.717) is 0 Å². The summed E-state index contributed by atoms with van der Waals surface area (Å²) in [6.07, 6.45) is -1.68. The zero-order valence-electron chi connectivity index (χ0n) is 5.76. The fourth-order valence-electron chi connectivity index (χ4n) is 0.658. The Labute approximate surface area is 80.7 Å². The normalized spacial score (nSPS) is 10.7. The van der Waals surface area contributed by atoms with Crippen LogP contribution in [0.25, 0.3) is 0 Å². The number of nitrogens with zero attached hydrogens (tertiary/aromatic N) is 1. The van der Waals surface area contributed by atoms with Crippen LogP contribution in [0.15, 0.2) is 6.20 Å². The highest BCUT2D eigenvalue weighted by atomic mass is 127. The summed E-state index contributed by atoms with van der Waals surface area (Å²) >= 11 is 1.60. The quantitative estimate of drug-likeness (QED) is 0.775. The molecule has 0 saturated heterocycles. The van der Waals surface area contributed by atoms with Crippen LogP contribution in [-0.2, 0) is 0 Å². The Balaban J connectivity index is 3.27. The van der Waals surface area contributed by atoms with Gasteiger partial charge in [0.05, 0.1) is 9.13 Å². The molecule has 66 valence electrons. The lowest BCUT2D eigenvalue weighted by Gasteiger charge is -2.05. The molecular weight excluding hydrogens is 281 g/mol. The highest BCUT2D eigenvalue weighted by Gasteiger charge is 2.16. The molecule has 0 aromatic carbocycles. The molecule has 0 atom stereocenters. The molecule has 0 bridgehead atoms. The average molecular weight is 286 g/mol. The van der Waals surface area contributed by atoms with E-state index >= 15 is 0 Å². The summed E-state index contributed by atoms with van der Waals surface area (Å²) in [5.41, 5.74) is 4.88. The number of rotatable bonds is 1. The molecule has 1 aromatic rings. The van der Waals surface area contributed by atoms with E-state index < -0.39 is 6.43 Å². The van der Waals surface area contributed by atoms with Gasteiger partial charge >= 0.3 is 0 Å². The van der Waals surface area contributed by atoms with Gasteiger partial charge in [0, 0.05) is 6.20 Å². The van der Waals surface area contributed by atoms with Crippen LogP contribution < -0.4 is 5.73 Å². The van der Waals surface area contributed by atoms with Gasteiger partial charge in [0.25, 0.3) is 6.43 Å². The Morgan fingerprint density at radius 2 is 2.17 bits per heavy atom. The van der Waals surface area contributed by atoms with Gasteiger partial charge in [-0.25, -0.2) is 13.8 Å². The number of hydrogen-bond acceptors (Lipinski definition) is 3. The average Bonchev–Trinajstić information content (AvgIpc) is 2.00. The third-order valence-electron chi connectivity index (χ3n) is 1.28. The summed E-state index contributed by atoms with van der Waals surface area (Å²) in [5, 5.41) is 9.11.